The molecule has 2 aromatic heterocycles. The van der Waals surface area contributed by atoms with Crippen molar-refractivity contribution < 1.29 is 9.53 Å². The first-order valence-electron chi connectivity index (χ1n) is 13.2. The van der Waals surface area contributed by atoms with E-state index in [0.717, 1.165) is 66.1 Å². The fraction of sp³-hybridized carbons (Fsp3) is 0.367. The minimum atomic E-state index is 0.0749. The summed E-state index contributed by atoms with van der Waals surface area (Å²) < 4.78 is 8.15. The van der Waals surface area contributed by atoms with E-state index in [0.29, 0.717) is 18.3 Å². The highest BCUT2D eigenvalue weighted by molar-refractivity contribution is 5.85. The number of hydrogen-bond acceptors (Lipinski definition) is 5. The van der Waals surface area contributed by atoms with Crippen molar-refractivity contribution in [2.45, 2.75) is 52.1 Å². The predicted molar refractivity (Wildman–Crippen MR) is 146 cm³/mol. The van der Waals surface area contributed by atoms with E-state index in [1.165, 1.54) is 0 Å². The summed E-state index contributed by atoms with van der Waals surface area (Å²) >= 11 is 0. The van der Waals surface area contributed by atoms with Gasteiger partial charge in [-0.05, 0) is 49.3 Å². The summed E-state index contributed by atoms with van der Waals surface area (Å²) in [4.78, 5) is 22.1. The fourth-order valence-electron chi connectivity index (χ4n) is 5.11. The van der Waals surface area contributed by atoms with Crippen molar-refractivity contribution in [2.75, 3.05) is 12.3 Å². The zero-order chi connectivity index (χ0) is 25.8. The molecule has 0 aliphatic heterocycles. The maximum absolute atomic E-state index is 12.6. The Bertz CT molecular complexity index is 1360. The highest BCUT2D eigenvalue weighted by Crippen LogP contribution is 2.39. The third-order valence-electron chi connectivity index (χ3n) is 7.11. The lowest BCUT2D eigenvalue weighted by molar-refractivity contribution is -0.126. The Labute approximate surface area is 218 Å². The molecule has 2 aromatic carbocycles. The van der Waals surface area contributed by atoms with Crippen molar-refractivity contribution in [3.63, 3.8) is 0 Å². The summed E-state index contributed by atoms with van der Waals surface area (Å²) in [6, 6.07) is 18.1. The number of anilines is 1. The van der Waals surface area contributed by atoms with Crippen LogP contribution in [-0.2, 0) is 11.4 Å². The lowest BCUT2D eigenvalue weighted by Gasteiger charge is -2.27. The van der Waals surface area contributed by atoms with Crippen LogP contribution in [0.3, 0.4) is 0 Å². The summed E-state index contributed by atoms with van der Waals surface area (Å²) in [7, 11) is 0. The summed E-state index contributed by atoms with van der Waals surface area (Å²) in [5, 5.41) is 3.10. The third kappa shape index (κ3) is 5.61. The molecule has 0 unspecified atom stereocenters. The van der Waals surface area contributed by atoms with E-state index in [4.69, 9.17) is 15.5 Å². The molecule has 0 atom stereocenters. The predicted octanol–water partition coefficient (Wildman–Crippen LogP) is 5.60. The quantitative estimate of drug-likeness (QED) is 0.330. The molecule has 1 aliphatic carbocycles. The molecule has 37 heavy (non-hydrogen) atoms. The van der Waals surface area contributed by atoms with Gasteiger partial charge >= 0.3 is 0 Å². The van der Waals surface area contributed by atoms with Crippen LogP contribution in [0.15, 0.2) is 67.0 Å². The standard InChI is InChI=1S/C30H35N5O2/c1-20(2)18-33-30(36)23-13-11-22(12-14-23)29-34-26(27-28(31)32-15-16-35(27)29)24-9-6-10-25(17-24)37-19-21-7-4-3-5-8-21/h3-10,15-17,20,22-23H,11-14,18-19H2,1-2H3,(H2,31,32)(H,33,36). The van der Waals surface area contributed by atoms with Crippen LogP contribution in [0.4, 0.5) is 5.82 Å². The minimum absolute atomic E-state index is 0.0749. The molecule has 7 nitrogen and oxygen atoms in total. The summed E-state index contributed by atoms with van der Waals surface area (Å²) in [5.74, 6) is 3.18. The Hall–Kier alpha value is -3.87. The number of rotatable bonds is 8. The number of carbonyl (C=O) groups is 1. The Kier molecular flexibility index (Phi) is 7.40. The molecule has 0 spiro atoms. The van der Waals surface area contributed by atoms with Gasteiger partial charge in [0.2, 0.25) is 5.91 Å². The van der Waals surface area contributed by atoms with Gasteiger partial charge in [-0.2, -0.15) is 0 Å². The molecule has 0 saturated heterocycles. The SMILES string of the molecule is CC(C)CNC(=O)C1CCC(c2nc(-c3cccc(OCc4ccccc4)c3)c3c(N)nccn23)CC1. The largest absolute Gasteiger partial charge is 0.489 e. The Morgan fingerprint density at radius 2 is 1.89 bits per heavy atom. The van der Waals surface area contributed by atoms with Gasteiger partial charge in [0.1, 0.15) is 35.2 Å². The van der Waals surface area contributed by atoms with E-state index in [1.54, 1.807) is 6.20 Å². The second kappa shape index (κ2) is 11.0. The molecule has 1 saturated carbocycles. The zero-order valence-corrected chi connectivity index (χ0v) is 21.6. The monoisotopic (exact) mass is 497 g/mol. The summed E-state index contributed by atoms with van der Waals surface area (Å²) in [5.41, 5.74) is 10.1. The van der Waals surface area contributed by atoms with Crippen LogP contribution < -0.4 is 15.8 Å². The number of fused-ring (bicyclic) bond motifs is 1. The van der Waals surface area contributed by atoms with Crippen molar-refractivity contribution in [2.24, 2.45) is 11.8 Å². The Morgan fingerprint density at radius 1 is 1.11 bits per heavy atom. The minimum Gasteiger partial charge on any atom is -0.489 e. The van der Waals surface area contributed by atoms with Crippen molar-refractivity contribution >= 4 is 17.2 Å². The summed E-state index contributed by atoms with van der Waals surface area (Å²) in [6.45, 7) is 5.46. The van der Waals surface area contributed by atoms with E-state index in [2.05, 4.69) is 28.5 Å². The molecule has 2 heterocycles. The summed E-state index contributed by atoms with van der Waals surface area (Å²) in [6.07, 6.45) is 7.22. The molecule has 1 amide bonds. The topological polar surface area (TPSA) is 94.5 Å². The van der Waals surface area contributed by atoms with E-state index in [-0.39, 0.29) is 17.7 Å². The normalized spacial score (nSPS) is 17.7. The van der Waals surface area contributed by atoms with Crippen molar-refractivity contribution in [3.8, 4) is 17.0 Å². The smallest absolute Gasteiger partial charge is 0.223 e. The Balaban J connectivity index is 1.37. The maximum atomic E-state index is 12.6. The maximum Gasteiger partial charge on any atom is 0.223 e. The van der Waals surface area contributed by atoms with Crippen LogP contribution in [0.2, 0.25) is 0 Å². The number of amides is 1. The highest BCUT2D eigenvalue weighted by Gasteiger charge is 2.30. The molecule has 0 radical (unpaired) electrons. The highest BCUT2D eigenvalue weighted by atomic mass is 16.5. The first-order chi connectivity index (χ1) is 18.0. The van der Waals surface area contributed by atoms with E-state index < -0.39 is 0 Å². The second-order valence-electron chi connectivity index (χ2n) is 10.3. The van der Waals surface area contributed by atoms with Crippen molar-refractivity contribution in [1.82, 2.24) is 19.7 Å². The zero-order valence-electron chi connectivity index (χ0n) is 21.6. The van der Waals surface area contributed by atoms with Gasteiger partial charge in [-0.3, -0.25) is 9.20 Å². The second-order valence-corrected chi connectivity index (χ2v) is 10.3. The number of nitrogen functional groups attached to an aromatic ring is 1. The van der Waals surface area contributed by atoms with Gasteiger partial charge in [0.15, 0.2) is 0 Å². The molecule has 5 rings (SSSR count). The number of benzene rings is 2. The van der Waals surface area contributed by atoms with Crippen molar-refractivity contribution in [1.29, 1.82) is 0 Å². The molecule has 4 aromatic rings. The van der Waals surface area contributed by atoms with Gasteiger partial charge in [0.05, 0.1) is 0 Å². The number of nitrogens with one attached hydrogen (secondary N) is 1. The van der Waals surface area contributed by atoms with Gasteiger partial charge in [-0.15, -0.1) is 0 Å². The number of ether oxygens (including phenoxy) is 1. The number of nitrogens with two attached hydrogens (primary N) is 1. The number of carbonyl (C=O) groups excluding carboxylic acids is 1. The first kappa shape index (κ1) is 24.8. The van der Waals surface area contributed by atoms with Gasteiger partial charge in [-0.1, -0.05) is 56.3 Å². The first-order valence-corrected chi connectivity index (χ1v) is 13.2. The van der Waals surface area contributed by atoms with Gasteiger partial charge in [-0.25, -0.2) is 9.97 Å². The molecule has 1 fully saturated rings. The molecular formula is C30H35N5O2. The Morgan fingerprint density at radius 3 is 2.65 bits per heavy atom. The number of nitrogens with zero attached hydrogens (tertiary/aromatic N) is 3. The molecule has 0 bridgehead atoms. The average Bonchev–Trinajstić information content (AvgIpc) is 3.32. The number of aromatic nitrogens is 3. The number of hydrogen-bond donors (Lipinski definition) is 2. The van der Waals surface area contributed by atoms with Crippen molar-refractivity contribution in [3.05, 3.63) is 78.4 Å². The molecule has 1 aliphatic rings. The van der Waals surface area contributed by atoms with Gasteiger partial charge in [0, 0.05) is 36.3 Å². The lowest BCUT2D eigenvalue weighted by atomic mass is 9.81. The van der Waals surface area contributed by atoms with Gasteiger partial charge < -0.3 is 15.8 Å². The van der Waals surface area contributed by atoms with E-state index in [1.807, 2.05) is 60.8 Å². The van der Waals surface area contributed by atoms with Crippen LogP contribution >= 0.6 is 0 Å². The van der Waals surface area contributed by atoms with Crippen LogP contribution in [0, 0.1) is 11.8 Å². The third-order valence-corrected chi connectivity index (χ3v) is 7.11. The lowest BCUT2D eigenvalue weighted by Crippen LogP contribution is -2.35. The fourth-order valence-corrected chi connectivity index (χ4v) is 5.11. The molecule has 3 N–H and O–H groups in total. The molecular weight excluding hydrogens is 462 g/mol. The van der Waals surface area contributed by atoms with Crippen LogP contribution in [0.5, 0.6) is 5.75 Å². The van der Waals surface area contributed by atoms with Crippen LogP contribution in [-0.4, -0.2) is 26.8 Å². The average molecular weight is 498 g/mol. The molecule has 7 heteroatoms. The van der Waals surface area contributed by atoms with Gasteiger partial charge in [0.25, 0.3) is 0 Å². The van der Waals surface area contributed by atoms with Crippen LogP contribution in [0.1, 0.15) is 56.8 Å². The molecule has 192 valence electrons. The van der Waals surface area contributed by atoms with Crippen LogP contribution in [0.25, 0.3) is 16.8 Å². The van der Waals surface area contributed by atoms with E-state index >= 15 is 0 Å². The van der Waals surface area contributed by atoms with E-state index in [9.17, 15) is 4.79 Å². The number of imidazole rings is 1.